The fourth-order valence-corrected chi connectivity index (χ4v) is 2.77. The molecule has 0 amide bonds. The molecule has 6 nitrogen and oxygen atoms in total. The summed E-state index contributed by atoms with van der Waals surface area (Å²) >= 11 is 1.42. The van der Waals surface area contributed by atoms with Crippen LogP contribution in [0.15, 0.2) is 10.9 Å². The van der Waals surface area contributed by atoms with Crippen molar-refractivity contribution in [3.05, 3.63) is 22.1 Å². The lowest BCUT2D eigenvalue weighted by Crippen LogP contribution is -2.23. The summed E-state index contributed by atoms with van der Waals surface area (Å²) < 4.78 is 1.37. The fourth-order valence-electron chi connectivity index (χ4n) is 1.83. The molecule has 0 fully saturated rings. The van der Waals surface area contributed by atoms with Crippen LogP contribution in [-0.4, -0.2) is 46.2 Å². The summed E-state index contributed by atoms with van der Waals surface area (Å²) in [5, 5.41) is 8.37. The van der Waals surface area contributed by atoms with Gasteiger partial charge in [-0.1, -0.05) is 18.3 Å². The quantitative estimate of drug-likeness (QED) is 0.874. The molecule has 0 aromatic carbocycles. The van der Waals surface area contributed by atoms with Crippen molar-refractivity contribution < 1.29 is 0 Å². The Morgan fingerprint density at radius 1 is 1.50 bits per heavy atom. The number of nitrogens with zero attached hydrogens (tertiary/aromatic N) is 4. The van der Waals surface area contributed by atoms with Gasteiger partial charge in [0.1, 0.15) is 0 Å². The standard InChI is InChI=1S/C13H21N5OS/c1-5-10-8-11(19)18-13(15-10)20-12(16-18)14-9(2)6-7-17(3)4/h8-9H,5-7H2,1-4H3,(H,14,16). The van der Waals surface area contributed by atoms with E-state index in [4.69, 9.17) is 0 Å². The number of fused-ring (bicyclic) bond motifs is 1. The predicted molar refractivity (Wildman–Crippen MR) is 82.8 cm³/mol. The van der Waals surface area contributed by atoms with Gasteiger partial charge in [-0.15, -0.1) is 5.10 Å². The normalized spacial score (nSPS) is 13.1. The maximum atomic E-state index is 11.9. The molecule has 110 valence electrons. The van der Waals surface area contributed by atoms with Crippen molar-refractivity contribution in [1.82, 2.24) is 19.5 Å². The van der Waals surface area contributed by atoms with Crippen molar-refractivity contribution in [2.24, 2.45) is 0 Å². The van der Waals surface area contributed by atoms with Gasteiger partial charge in [0.15, 0.2) is 0 Å². The van der Waals surface area contributed by atoms with Gasteiger partial charge >= 0.3 is 0 Å². The summed E-state index contributed by atoms with van der Waals surface area (Å²) in [5.41, 5.74) is 0.697. The molecule has 0 saturated carbocycles. The third kappa shape index (κ3) is 3.55. The minimum Gasteiger partial charge on any atom is -0.358 e. The van der Waals surface area contributed by atoms with Gasteiger partial charge in [-0.2, -0.15) is 4.52 Å². The molecule has 2 aromatic heterocycles. The molecule has 1 N–H and O–H groups in total. The predicted octanol–water partition coefficient (Wildman–Crippen LogP) is 1.47. The van der Waals surface area contributed by atoms with Gasteiger partial charge in [0.2, 0.25) is 10.1 Å². The smallest absolute Gasteiger partial charge is 0.275 e. The van der Waals surface area contributed by atoms with Crippen LogP contribution in [0.1, 0.15) is 26.0 Å². The SMILES string of the molecule is CCc1cc(=O)n2nc(NC(C)CCN(C)C)sc2n1. The maximum Gasteiger partial charge on any atom is 0.275 e. The number of aryl methyl sites for hydroxylation is 1. The number of rotatable bonds is 6. The number of hydrogen-bond donors (Lipinski definition) is 1. The Morgan fingerprint density at radius 3 is 2.90 bits per heavy atom. The lowest BCUT2D eigenvalue weighted by atomic mass is 10.2. The summed E-state index contributed by atoms with van der Waals surface area (Å²) in [6, 6.07) is 1.85. The second-order valence-corrected chi connectivity index (χ2v) is 6.13. The van der Waals surface area contributed by atoms with E-state index in [-0.39, 0.29) is 5.56 Å². The molecule has 2 aromatic rings. The van der Waals surface area contributed by atoms with Gasteiger partial charge in [-0.3, -0.25) is 4.79 Å². The van der Waals surface area contributed by atoms with E-state index in [0.717, 1.165) is 30.2 Å². The first-order valence-corrected chi connectivity index (χ1v) is 7.62. The Morgan fingerprint density at radius 2 is 2.25 bits per heavy atom. The Hall–Kier alpha value is -1.47. The molecule has 20 heavy (non-hydrogen) atoms. The highest BCUT2D eigenvalue weighted by molar-refractivity contribution is 7.20. The molecular formula is C13H21N5OS. The number of hydrogen-bond acceptors (Lipinski definition) is 6. The zero-order valence-electron chi connectivity index (χ0n) is 12.4. The Kier molecular flexibility index (Phi) is 4.72. The van der Waals surface area contributed by atoms with Gasteiger partial charge in [0.25, 0.3) is 5.56 Å². The van der Waals surface area contributed by atoms with Crippen LogP contribution in [0.25, 0.3) is 4.96 Å². The Bertz CT molecular complexity index is 633. The molecule has 1 atom stereocenters. The highest BCUT2D eigenvalue weighted by Crippen LogP contribution is 2.18. The van der Waals surface area contributed by atoms with Gasteiger partial charge in [0.05, 0.1) is 0 Å². The van der Waals surface area contributed by atoms with Crippen LogP contribution in [0.4, 0.5) is 5.13 Å². The van der Waals surface area contributed by atoms with Crippen LogP contribution in [0, 0.1) is 0 Å². The molecule has 2 heterocycles. The van der Waals surface area contributed by atoms with Crippen LogP contribution in [-0.2, 0) is 6.42 Å². The summed E-state index contributed by atoms with van der Waals surface area (Å²) in [4.78, 5) is 19.1. The number of nitrogens with one attached hydrogen (secondary N) is 1. The zero-order valence-corrected chi connectivity index (χ0v) is 13.2. The average Bonchev–Trinajstić information content (AvgIpc) is 2.79. The monoisotopic (exact) mass is 295 g/mol. The van der Waals surface area contributed by atoms with E-state index in [1.807, 2.05) is 6.92 Å². The zero-order chi connectivity index (χ0) is 14.7. The second-order valence-electron chi connectivity index (χ2n) is 5.18. The summed E-state index contributed by atoms with van der Waals surface area (Å²) in [6.45, 7) is 5.11. The average molecular weight is 295 g/mol. The van der Waals surface area contributed by atoms with E-state index in [1.54, 1.807) is 6.07 Å². The van der Waals surface area contributed by atoms with Crippen molar-refractivity contribution in [2.45, 2.75) is 32.7 Å². The van der Waals surface area contributed by atoms with Crippen molar-refractivity contribution >= 4 is 21.4 Å². The lowest BCUT2D eigenvalue weighted by molar-refractivity contribution is 0.390. The molecular weight excluding hydrogens is 274 g/mol. The van der Waals surface area contributed by atoms with Gasteiger partial charge in [0, 0.05) is 17.8 Å². The molecule has 0 radical (unpaired) electrons. The van der Waals surface area contributed by atoms with E-state index in [0.29, 0.717) is 11.0 Å². The van der Waals surface area contributed by atoms with Crippen LogP contribution in [0.2, 0.25) is 0 Å². The minimum absolute atomic E-state index is 0.114. The molecule has 7 heteroatoms. The first-order chi connectivity index (χ1) is 9.49. The number of aromatic nitrogens is 3. The highest BCUT2D eigenvalue weighted by Gasteiger charge is 2.10. The van der Waals surface area contributed by atoms with Crippen molar-refractivity contribution in [3.8, 4) is 0 Å². The molecule has 0 aliphatic heterocycles. The highest BCUT2D eigenvalue weighted by atomic mass is 32.1. The van der Waals surface area contributed by atoms with Crippen molar-refractivity contribution in [2.75, 3.05) is 26.0 Å². The summed E-state index contributed by atoms with van der Waals surface area (Å²) in [5.74, 6) is 0. The molecule has 0 spiro atoms. The van der Waals surface area contributed by atoms with Crippen molar-refractivity contribution in [1.29, 1.82) is 0 Å². The molecule has 0 bridgehead atoms. The molecule has 0 aliphatic rings. The van der Waals surface area contributed by atoms with Crippen LogP contribution in [0.3, 0.4) is 0 Å². The molecule has 1 unspecified atom stereocenters. The van der Waals surface area contributed by atoms with E-state index in [2.05, 4.69) is 41.3 Å². The number of anilines is 1. The van der Waals surface area contributed by atoms with Crippen LogP contribution >= 0.6 is 11.3 Å². The third-order valence-corrected chi connectivity index (χ3v) is 3.88. The van der Waals surface area contributed by atoms with Crippen LogP contribution in [0.5, 0.6) is 0 Å². The first-order valence-electron chi connectivity index (χ1n) is 6.80. The topological polar surface area (TPSA) is 62.5 Å². The van der Waals surface area contributed by atoms with Gasteiger partial charge < -0.3 is 10.2 Å². The van der Waals surface area contributed by atoms with Crippen molar-refractivity contribution in [3.63, 3.8) is 0 Å². The van der Waals surface area contributed by atoms with E-state index in [1.165, 1.54) is 15.9 Å². The Labute approximate surface area is 122 Å². The maximum absolute atomic E-state index is 11.9. The Balaban J connectivity index is 2.15. The summed E-state index contributed by atoms with van der Waals surface area (Å²) in [7, 11) is 4.11. The minimum atomic E-state index is -0.114. The molecule has 0 saturated heterocycles. The van der Waals surface area contributed by atoms with E-state index in [9.17, 15) is 4.79 Å². The third-order valence-electron chi connectivity index (χ3n) is 3.04. The van der Waals surface area contributed by atoms with Crippen LogP contribution < -0.4 is 10.9 Å². The largest absolute Gasteiger partial charge is 0.358 e. The second kappa shape index (κ2) is 6.32. The summed E-state index contributed by atoms with van der Waals surface area (Å²) in [6.07, 6.45) is 1.77. The van der Waals surface area contributed by atoms with Gasteiger partial charge in [-0.05, 0) is 40.4 Å². The molecule has 2 rings (SSSR count). The lowest BCUT2D eigenvalue weighted by Gasteiger charge is -2.15. The van der Waals surface area contributed by atoms with E-state index >= 15 is 0 Å². The molecule has 0 aliphatic carbocycles. The van der Waals surface area contributed by atoms with Gasteiger partial charge in [-0.25, -0.2) is 4.98 Å². The first kappa shape index (κ1) is 14.9. The van der Waals surface area contributed by atoms with E-state index < -0.39 is 0 Å². The fraction of sp³-hybridized carbons (Fsp3) is 0.615.